The Morgan fingerprint density at radius 1 is 1.02 bits per heavy atom. The van der Waals surface area contributed by atoms with Gasteiger partial charge in [0.25, 0.3) is 0 Å². The Bertz CT molecular complexity index is 1330. The van der Waals surface area contributed by atoms with Crippen LogP contribution in [0.3, 0.4) is 0 Å². The van der Waals surface area contributed by atoms with Gasteiger partial charge in [-0.1, -0.05) is 26.2 Å². The third-order valence-corrected chi connectivity index (χ3v) is 8.58. The summed E-state index contributed by atoms with van der Waals surface area (Å²) in [6.45, 7) is 4.35. The number of benzene rings is 2. The number of fused-ring (bicyclic) bond motifs is 2. The Morgan fingerprint density at radius 3 is 2.47 bits per heavy atom. The van der Waals surface area contributed by atoms with Crippen LogP contribution in [0.1, 0.15) is 51.5 Å². The van der Waals surface area contributed by atoms with Gasteiger partial charge in [-0.3, -0.25) is 9.59 Å². The average molecular weight is 595 g/mol. The summed E-state index contributed by atoms with van der Waals surface area (Å²) in [7, 11) is 1.69. The van der Waals surface area contributed by atoms with Crippen molar-refractivity contribution in [1.82, 2.24) is 9.80 Å². The maximum Gasteiger partial charge on any atom is 0.321 e. The normalized spacial score (nSPS) is 21.0. The fraction of sp³-hybridized carbons (Fsp3) is 0.531. The molecule has 3 atom stereocenters. The summed E-state index contributed by atoms with van der Waals surface area (Å²) in [6.07, 6.45) is 4.67. The fourth-order valence-corrected chi connectivity index (χ4v) is 5.88. The topological polar surface area (TPSA) is 130 Å². The number of aliphatic hydroxyl groups excluding tert-OH is 1. The Kier molecular flexibility index (Phi) is 9.59. The number of carbonyl (C=O) groups excluding carboxylic acids is 3. The summed E-state index contributed by atoms with van der Waals surface area (Å²) in [6, 6.07) is 9.89. The van der Waals surface area contributed by atoms with Crippen LogP contribution in [-0.4, -0.2) is 78.4 Å². The van der Waals surface area contributed by atoms with Gasteiger partial charge in [0.1, 0.15) is 11.9 Å². The van der Waals surface area contributed by atoms with Gasteiger partial charge in [0, 0.05) is 48.4 Å². The van der Waals surface area contributed by atoms with E-state index in [1.807, 2.05) is 13.8 Å². The molecule has 0 unspecified atom stereocenters. The van der Waals surface area contributed by atoms with Gasteiger partial charge in [-0.2, -0.15) is 0 Å². The molecule has 0 bridgehead atoms. The van der Waals surface area contributed by atoms with E-state index in [0.717, 1.165) is 25.7 Å². The molecule has 1 aliphatic carbocycles. The van der Waals surface area contributed by atoms with Crippen LogP contribution in [0.25, 0.3) is 0 Å². The van der Waals surface area contributed by atoms with Crippen molar-refractivity contribution in [2.24, 2.45) is 11.8 Å². The second-order valence-corrected chi connectivity index (χ2v) is 11.9. The minimum atomic E-state index is -0.465. The van der Waals surface area contributed by atoms with Gasteiger partial charge in [0.05, 0.1) is 25.6 Å². The lowest BCUT2D eigenvalue weighted by Gasteiger charge is -2.34. The van der Waals surface area contributed by atoms with Crippen LogP contribution in [0.15, 0.2) is 36.4 Å². The van der Waals surface area contributed by atoms with Crippen LogP contribution in [0.5, 0.6) is 17.2 Å². The molecule has 0 aromatic heterocycles. The van der Waals surface area contributed by atoms with Crippen LogP contribution in [0.4, 0.5) is 16.2 Å². The number of nitrogens with zero attached hydrogens (tertiary/aromatic N) is 2. The van der Waals surface area contributed by atoms with E-state index in [1.165, 1.54) is 6.42 Å². The molecule has 0 spiro atoms. The molecule has 2 heterocycles. The van der Waals surface area contributed by atoms with Gasteiger partial charge in [0.2, 0.25) is 18.6 Å². The monoisotopic (exact) mass is 594 g/mol. The Morgan fingerprint density at radius 2 is 1.72 bits per heavy atom. The number of anilines is 2. The third-order valence-electron chi connectivity index (χ3n) is 8.58. The summed E-state index contributed by atoms with van der Waals surface area (Å²) < 4.78 is 17.3. The molecule has 0 radical (unpaired) electrons. The first kappa shape index (κ1) is 30.5. The average Bonchev–Trinajstić information content (AvgIpc) is 3.49. The van der Waals surface area contributed by atoms with Gasteiger partial charge in [0.15, 0.2) is 11.5 Å². The second kappa shape index (κ2) is 13.5. The molecule has 11 nitrogen and oxygen atoms in total. The molecular weight excluding hydrogens is 552 g/mol. The number of rotatable bonds is 7. The number of hydrogen-bond acceptors (Lipinski definition) is 7. The Labute approximate surface area is 252 Å². The molecule has 1 saturated carbocycles. The first-order valence-corrected chi connectivity index (χ1v) is 15.1. The maximum absolute atomic E-state index is 13.5. The number of hydrogen-bond donors (Lipinski definition) is 3. The van der Waals surface area contributed by atoms with Gasteiger partial charge < -0.3 is 39.8 Å². The molecule has 1 fully saturated rings. The van der Waals surface area contributed by atoms with Crippen LogP contribution in [-0.2, 0) is 16.0 Å². The van der Waals surface area contributed by atoms with Crippen LogP contribution < -0.4 is 24.8 Å². The van der Waals surface area contributed by atoms with E-state index in [4.69, 9.17) is 14.2 Å². The zero-order valence-corrected chi connectivity index (χ0v) is 25.1. The van der Waals surface area contributed by atoms with E-state index in [2.05, 4.69) is 10.6 Å². The van der Waals surface area contributed by atoms with E-state index in [9.17, 15) is 19.5 Å². The smallest absolute Gasteiger partial charge is 0.321 e. The van der Waals surface area contributed by atoms with Crippen molar-refractivity contribution >= 4 is 29.2 Å². The van der Waals surface area contributed by atoms with Crippen LogP contribution in [0.2, 0.25) is 0 Å². The van der Waals surface area contributed by atoms with Crippen molar-refractivity contribution in [2.75, 3.05) is 44.2 Å². The van der Waals surface area contributed by atoms with Crippen molar-refractivity contribution in [3.05, 3.63) is 42.0 Å². The van der Waals surface area contributed by atoms with Gasteiger partial charge >= 0.3 is 6.03 Å². The first-order valence-electron chi connectivity index (χ1n) is 15.1. The molecule has 3 aliphatic rings. The lowest BCUT2D eigenvalue weighted by Crippen LogP contribution is -2.48. The van der Waals surface area contributed by atoms with Gasteiger partial charge in [-0.25, -0.2) is 4.79 Å². The van der Waals surface area contributed by atoms with Crippen LogP contribution in [0, 0.1) is 11.8 Å². The number of nitrogens with one attached hydrogen (secondary N) is 2. The highest BCUT2D eigenvalue weighted by Gasteiger charge is 2.32. The minimum Gasteiger partial charge on any atom is -0.488 e. The zero-order valence-electron chi connectivity index (χ0n) is 25.1. The van der Waals surface area contributed by atoms with Crippen molar-refractivity contribution < 1.29 is 33.7 Å². The Balaban J connectivity index is 1.34. The summed E-state index contributed by atoms with van der Waals surface area (Å²) in [5.74, 6) is 1.44. The van der Waals surface area contributed by atoms with E-state index in [-0.39, 0.29) is 56.0 Å². The largest absolute Gasteiger partial charge is 0.488 e. The summed E-state index contributed by atoms with van der Waals surface area (Å²) in [5.41, 5.74) is 1.84. The molecule has 5 rings (SSSR count). The van der Waals surface area contributed by atoms with Crippen molar-refractivity contribution in [2.45, 2.75) is 64.5 Å². The quantitative estimate of drug-likeness (QED) is 0.437. The number of ether oxygens (including phenoxy) is 3. The minimum absolute atomic E-state index is 0.00214. The number of amides is 4. The van der Waals surface area contributed by atoms with Crippen molar-refractivity contribution in [1.29, 1.82) is 0 Å². The molecule has 4 amide bonds. The number of likely N-dealkylation sites (N-methyl/N-ethyl adjacent to an activating group) is 1. The molecule has 2 aromatic carbocycles. The number of carbonyl (C=O) groups is 3. The molecule has 0 saturated heterocycles. The molecule has 3 N–H and O–H groups in total. The highest BCUT2D eigenvalue weighted by Crippen LogP contribution is 2.34. The standard InChI is InChI=1S/C32H42N4O7/c1-20-16-36(21(2)18-37)30(38)14-23-13-24(33-31(39)22-7-5-4-6-8-22)9-11-26(23)43-29(20)17-35(3)32(40)34-25-10-12-27-28(15-25)42-19-41-27/h9-13,15,20-22,29,37H,4-8,14,16-19H2,1-3H3,(H,33,39)(H,34,40)/t20-,21+,29-/m0/s1. The molecule has 11 heteroatoms. The predicted octanol–water partition coefficient (Wildman–Crippen LogP) is 4.25. The highest BCUT2D eigenvalue weighted by atomic mass is 16.7. The Hall–Kier alpha value is -3.99. The molecule has 2 aliphatic heterocycles. The molecule has 232 valence electrons. The second-order valence-electron chi connectivity index (χ2n) is 11.9. The lowest BCUT2D eigenvalue weighted by atomic mass is 9.88. The van der Waals surface area contributed by atoms with Crippen molar-refractivity contribution in [3.63, 3.8) is 0 Å². The van der Waals surface area contributed by atoms with E-state index < -0.39 is 12.1 Å². The number of urea groups is 1. The maximum atomic E-state index is 13.5. The van der Waals surface area contributed by atoms with E-state index >= 15 is 0 Å². The van der Waals surface area contributed by atoms with Gasteiger partial charge in [-0.05, 0) is 50.1 Å². The third kappa shape index (κ3) is 7.33. The fourth-order valence-electron chi connectivity index (χ4n) is 5.88. The molecule has 2 aromatic rings. The summed E-state index contributed by atoms with van der Waals surface area (Å²) >= 11 is 0. The first-order chi connectivity index (χ1) is 20.7. The lowest BCUT2D eigenvalue weighted by molar-refractivity contribution is -0.134. The molecule has 43 heavy (non-hydrogen) atoms. The highest BCUT2D eigenvalue weighted by molar-refractivity contribution is 5.93. The molecular formula is C32H42N4O7. The van der Waals surface area contributed by atoms with Crippen LogP contribution >= 0.6 is 0 Å². The van der Waals surface area contributed by atoms with E-state index in [1.54, 1.807) is 53.2 Å². The van der Waals surface area contributed by atoms with E-state index in [0.29, 0.717) is 40.7 Å². The number of aliphatic hydroxyl groups is 1. The zero-order chi connectivity index (χ0) is 30.5. The summed E-state index contributed by atoms with van der Waals surface area (Å²) in [5, 5.41) is 15.8. The SMILES string of the molecule is C[C@H](CO)N1C[C@H](C)[C@H](CN(C)C(=O)Nc2ccc3c(c2)OCO3)Oc2ccc(NC(=O)C3CCCCC3)cc2CC1=O. The van der Waals surface area contributed by atoms with Crippen molar-refractivity contribution in [3.8, 4) is 17.2 Å². The summed E-state index contributed by atoms with van der Waals surface area (Å²) in [4.78, 5) is 42.8. The van der Waals surface area contributed by atoms with Gasteiger partial charge in [-0.15, -0.1) is 0 Å². The predicted molar refractivity (Wildman–Crippen MR) is 161 cm³/mol.